The van der Waals surface area contributed by atoms with Gasteiger partial charge in [0.25, 0.3) is 0 Å². The molecule has 4 nitrogen and oxygen atoms in total. The number of nitrogen functional groups attached to an aromatic ring is 1. The molecule has 1 aromatic carbocycles. The van der Waals surface area contributed by atoms with Crippen LogP contribution in [0.1, 0.15) is 11.4 Å². The number of anilines is 2. The van der Waals surface area contributed by atoms with E-state index in [1.54, 1.807) is 12.4 Å². The van der Waals surface area contributed by atoms with Gasteiger partial charge in [0.15, 0.2) is 0 Å². The van der Waals surface area contributed by atoms with Crippen LogP contribution in [0.4, 0.5) is 15.8 Å². The molecule has 2 aromatic rings. The summed E-state index contributed by atoms with van der Waals surface area (Å²) in [5.41, 5.74) is 8.19. The molecular weight excluding hydrogens is 255 g/mol. The maximum atomic E-state index is 13.3. The lowest BCUT2D eigenvalue weighted by Gasteiger charge is -2.09. The molecule has 0 aliphatic rings. The van der Waals surface area contributed by atoms with E-state index in [1.807, 2.05) is 6.92 Å². The van der Waals surface area contributed by atoms with Crippen molar-refractivity contribution in [1.29, 1.82) is 0 Å². The second-order valence-electron chi connectivity index (χ2n) is 3.86. The van der Waals surface area contributed by atoms with Crippen LogP contribution < -0.4 is 11.1 Å². The average molecular weight is 267 g/mol. The molecule has 0 saturated carbocycles. The first kappa shape index (κ1) is 12.6. The molecular formula is C12H12ClFN4. The summed E-state index contributed by atoms with van der Waals surface area (Å²) in [5, 5.41) is 3.00. The van der Waals surface area contributed by atoms with Crippen molar-refractivity contribution in [1.82, 2.24) is 9.97 Å². The molecule has 0 radical (unpaired) electrons. The van der Waals surface area contributed by atoms with Crippen molar-refractivity contribution in [3.05, 3.63) is 46.8 Å². The molecule has 18 heavy (non-hydrogen) atoms. The highest BCUT2D eigenvalue weighted by atomic mass is 35.5. The summed E-state index contributed by atoms with van der Waals surface area (Å²) in [4.78, 5) is 8.29. The smallest absolute Gasteiger partial charge is 0.143 e. The Labute approximate surface area is 109 Å². The van der Waals surface area contributed by atoms with E-state index in [0.29, 0.717) is 17.9 Å². The van der Waals surface area contributed by atoms with Gasteiger partial charge in [0.2, 0.25) is 0 Å². The van der Waals surface area contributed by atoms with E-state index in [4.69, 9.17) is 17.3 Å². The topological polar surface area (TPSA) is 63.8 Å². The van der Waals surface area contributed by atoms with Gasteiger partial charge in [0, 0.05) is 12.3 Å². The zero-order chi connectivity index (χ0) is 13.1. The van der Waals surface area contributed by atoms with Crippen LogP contribution in [0.5, 0.6) is 0 Å². The summed E-state index contributed by atoms with van der Waals surface area (Å²) >= 11 is 5.62. The first-order chi connectivity index (χ1) is 8.56. The summed E-state index contributed by atoms with van der Waals surface area (Å²) in [6.45, 7) is 2.27. The Bertz CT molecular complexity index is 557. The predicted molar refractivity (Wildman–Crippen MR) is 69.9 cm³/mol. The van der Waals surface area contributed by atoms with Gasteiger partial charge >= 0.3 is 0 Å². The Morgan fingerprint density at radius 2 is 2.11 bits per heavy atom. The molecule has 2 rings (SSSR count). The highest BCUT2D eigenvalue weighted by Crippen LogP contribution is 2.26. The van der Waals surface area contributed by atoms with E-state index in [0.717, 1.165) is 11.4 Å². The molecule has 1 aromatic heterocycles. The van der Waals surface area contributed by atoms with Gasteiger partial charge in [0.05, 0.1) is 40.5 Å². The summed E-state index contributed by atoms with van der Waals surface area (Å²) in [5.74, 6) is -0.511. The van der Waals surface area contributed by atoms with Crippen LogP contribution in [0.3, 0.4) is 0 Å². The maximum Gasteiger partial charge on any atom is 0.143 e. The van der Waals surface area contributed by atoms with Crippen LogP contribution in [0, 0.1) is 12.7 Å². The first-order valence-corrected chi connectivity index (χ1v) is 5.70. The second kappa shape index (κ2) is 5.18. The van der Waals surface area contributed by atoms with E-state index >= 15 is 0 Å². The van der Waals surface area contributed by atoms with Gasteiger partial charge in [-0.25, -0.2) is 4.39 Å². The zero-order valence-electron chi connectivity index (χ0n) is 9.74. The minimum atomic E-state index is -0.511. The number of aryl methyl sites for hydroxylation is 1. The number of nitrogens with one attached hydrogen (secondary N) is 1. The third-order valence-corrected chi connectivity index (χ3v) is 2.68. The molecule has 0 saturated heterocycles. The third kappa shape index (κ3) is 2.87. The minimum absolute atomic E-state index is 0.00757. The van der Waals surface area contributed by atoms with Crippen LogP contribution in [-0.2, 0) is 6.54 Å². The van der Waals surface area contributed by atoms with Crippen LogP contribution in [0.25, 0.3) is 0 Å². The molecule has 6 heteroatoms. The van der Waals surface area contributed by atoms with Crippen molar-refractivity contribution in [2.75, 3.05) is 11.1 Å². The van der Waals surface area contributed by atoms with Crippen molar-refractivity contribution in [3.8, 4) is 0 Å². The fraction of sp³-hybridized carbons (Fsp3) is 0.167. The number of aromatic nitrogens is 2. The lowest BCUT2D eigenvalue weighted by atomic mass is 10.2. The number of nitrogens with two attached hydrogens (primary N) is 1. The monoisotopic (exact) mass is 266 g/mol. The summed E-state index contributed by atoms with van der Waals surface area (Å²) in [7, 11) is 0. The standard InChI is InChI=1S/C12H12ClFN4/c1-7-4-17-8(5-16-7)6-18-12-3-10(14)9(13)2-11(12)15/h2-5,18H,6,15H2,1H3. The summed E-state index contributed by atoms with van der Waals surface area (Å²) in [6.07, 6.45) is 3.33. The van der Waals surface area contributed by atoms with E-state index in [-0.39, 0.29) is 5.02 Å². The van der Waals surface area contributed by atoms with E-state index < -0.39 is 5.82 Å². The molecule has 0 bridgehead atoms. The third-order valence-electron chi connectivity index (χ3n) is 2.39. The number of hydrogen-bond acceptors (Lipinski definition) is 4. The van der Waals surface area contributed by atoms with Gasteiger partial charge < -0.3 is 11.1 Å². The van der Waals surface area contributed by atoms with E-state index in [9.17, 15) is 4.39 Å². The highest BCUT2D eigenvalue weighted by Gasteiger charge is 2.06. The van der Waals surface area contributed by atoms with E-state index in [2.05, 4.69) is 15.3 Å². The molecule has 0 aliphatic heterocycles. The van der Waals surface area contributed by atoms with Gasteiger partial charge in [0.1, 0.15) is 5.82 Å². The fourth-order valence-corrected chi connectivity index (χ4v) is 1.58. The van der Waals surface area contributed by atoms with Crippen LogP contribution in [0.15, 0.2) is 24.5 Å². The molecule has 0 aliphatic carbocycles. The number of nitrogens with zero attached hydrogens (tertiary/aromatic N) is 2. The molecule has 0 atom stereocenters. The normalized spacial score (nSPS) is 10.4. The predicted octanol–water partition coefficient (Wildman–Crippen LogP) is 2.77. The Morgan fingerprint density at radius 1 is 1.33 bits per heavy atom. The summed E-state index contributed by atoms with van der Waals surface area (Å²) < 4.78 is 13.3. The van der Waals surface area contributed by atoms with Crippen molar-refractivity contribution >= 4 is 23.0 Å². The quantitative estimate of drug-likeness (QED) is 0.839. The maximum absolute atomic E-state index is 13.3. The Kier molecular flexibility index (Phi) is 3.62. The molecule has 94 valence electrons. The minimum Gasteiger partial charge on any atom is -0.397 e. The van der Waals surface area contributed by atoms with Crippen LogP contribution in [0.2, 0.25) is 5.02 Å². The number of hydrogen-bond donors (Lipinski definition) is 2. The molecule has 0 unspecified atom stereocenters. The van der Waals surface area contributed by atoms with Crippen molar-refractivity contribution in [3.63, 3.8) is 0 Å². The lowest BCUT2D eigenvalue weighted by Crippen LogP contribution is -2.05. The summed E-state index contributed by atoms with van der Waals surface area (Å²) in [6, 6.07) is 2.64. The SMILES string of the molecule is Cc1cnc(CNc2cc(F)c(Cl)cc2N)cn1. The number of rotatable bonds is 3. The van der Waals surface area contributed by atoms with E-state index in [1.165, 1.54) is 12.1 Å². The molecule has 0 fully saturated rings. The molecule has 3 N–H and O–H groups in total. The van der Waals surface area contributed by atoms with Gasteiger partial charge in [-0.2, -0.15) is 0 Å². The number of halogens is 2. The second-order valence-corrected chi connectivity index (χ2v) is 4.26. The highest BCUT2D eigenvalue weighted by molar-refractivity contribution is 6.31. The Balaban J connectivity index is 2.10. The molecule has 0 spiro atoms. The Morgan fingerprint density at radius 3 is 2.78 bits per heavy atom. The largest absolute Gasteiger partial charge is 0.397 e. The average Bonchev–Trinajstić information content (AvgIpc) is 2.34. The fourth-order valence-electron chi connectivity index (χ4n) is 1.41. The van der Waals surface area contributed by atoms with Crippen LogP contribution >= 0.6 is 11.6 Å². The van der Waals surface area contributed by atoms with Crippen molar-refractivity contribution in [2.45, 2.75) is 13.5 Å². The zero-order valence-corrected chi connectivity index (χ0v) is 10.5. The first-order valence-electron chi connectivity index (χ1n) is 5.32. The molecule has 0 amide bonds. The van der Waals surface area contributed by atoms with Crippen molar-refractivity contribution in [2.24, 2.45) is 0 Å². The number of benzene rings is 1. The van der Waals surface area contributed by atoms with Crippen molar-refractivity contribution < 1.29 is 4.39 Å². The lowest BCUT2D eigenvalue weighted by molar-refractivity contribution is 0.629. The van der Waals surface area contributed by atoms with Gasteiger partial charge in [-0.05, 0) is 13.0 Å². The van der Waals surface area contributed by atoms with Gasteiger partial charge in [-0.3, -0.25) is 9.97 Å². The Hall–Kier alpha value is -1.88. The van der Waals surface area contributed by atoms with Gasteiger partial charge in [-0.1, -0.05) is 11.6 Å². The molecule has 1 heterocycles. The van der Waals surface area contributed by atoms with Crippen LogP contribution in [-0.4, -0.2) is 9.97 Å². The van der Waals surface area contributed by atoms with Gasteiger partial charge in [-0.15, -0.1) is 0 Å².